The molecule has 39 heavy (non-hydrogen) atoms. The number of halogens is 5. The van der Waals surface area contributed by atoms with E-state index in [0.717, 1.165) is 5.57 Å². The van der Waals surface area contributed by atoms with Crippen LogP contribution in [0, 0.1) is 29.1 Å². The zero-order valence-corrected chi connectivity index (χ0v) is 21.9. The molecule has 208 valence electrons. The van der Waals surface area contributed by atoms with E-state index in [0.29, 0.717) is 37.7 Å². The van der Waals surface area contributed by atoms with Crippen molar-refractivity contribution < 1.29 is 36.5 Å². The van der Waals surface area contributed by atoms with Crippen LogP contribution in [0.25, 0.3) is 16.7 Å². The van der Waals surface area contributed by atoms with E-state index in [-0.39, 0.29) is 47.3 Å². The topological polar surface area (TPSA) is 38.7 Å². The fraction of sp³-hybridized carbons (Fsp3) is 0.355. The number of benzene rings is 3. The van der Waals surface area contributed by atoms with Crippen molar-refractivity contribution >= 4 is 5.57 Å². The summed E-state index contributed by atoms with van der Waals surface area (Å²) in [5.74, 6) is -5.32. The van der Waals surface area contributed by atoms with E-state index in [1.54, 1.807) is 13.0 Å². The van der Waals surface area contributed by atoms with Gasteiger partial charge in [0.25, 0.3) is 0 Å². The summed E-state index contributed by atoms with van der Waals surface area (Å²) in [6.07, 6.45) is 3.25. The molecule has 3 aromatic carbocycles. The van der Waals surface area contributed by atoms with Gasteiger partial charge in [-0.2, -0.15) is 4.39 Å². The predicted octanol–water partition coefficient (Wildman–Crippen LogP) is 8.43. The molecule has 2 unspecified atom stereocenters. The fourth-order valence-electron chi connectivity index (χ4n) is 4.77. The maximum atomic E-state index is 15.0. The molecule has 3 nitrogen and oxygen atoms in total. The van der Waals surface area contributed by atoms with Crippen LogP contribution in [-0.4, -0.2) is 17.8 Å². The van der Waals surface area contributed by atoms with Gasteiger partial charge in [-0.15, -0.1) is 0 Å². The Bertz CT molecular complexity index is 1350. The molecule has 1 N–H and O–H groups in total. The van der Waals surface area contributed by atoms with Gasteiger partial charge in [-0.05, 0) is 61.9 Å². The van der Waals surface area contributed by atoms with Crippen molar-refractivity contribution in [2.75, 3.05) is 6.61 Å². The third-order valence-electron chi connectivity index (χ3n) is 6.93. The lowest BCUT2D eigenvalue weighted by Crippen LogP contribution is -2.16. The van der Waals surface area contributed by atoms with E-state index >= 15 is 0 Å². The summed E-state index contributed by atoms with van der Waals surface area (Å²) < 4.78 is 83.6. The zero-order chi connectivity index (χ0) is 28.1. The number of aliphatic hydroxyl groups is 1. The number of rotatable bonds is 10. The van der Waals surface area contributed by atoms with Crippen LogP contribution in [0.15, 0.2) is 48.5 Å². The Labute approximate surface area is 224 Å². The average molecular weight is 547 g/mol. The highest BCUT2D eigenvalue weighted by Crippen LogP contribution is 2.35. The molecule has 0 saturated heterocycles. The Balaban J connectivity index is 1.41. The molecule has 0 bridgehead atoms. The van der Waals surface area contributed by atoms with Crippen LogP contribution in [0.1, 0.15) is 68.7 Å². The smallest absolute Gasteiger partial charge is 0.201 e. The molecule has 1 aliphatic carbocycles. The van der Waals surface area contributed by atoms with Crippen molar-refractivity contribution in [3.8, 4) is 16.9 Å². The molecule has 0 spiro atoms. The minimum absolute atomic E-state index is 0.0571. The lowest BCUT2D eigenvalue weighted by molar-refractivity contribution is 0.0341. The van der Waals surface area contributed by atoms with E-state index < -0.39 is 35.2 Å². The van der Waals surface area contributed by atoms with Crippen molar-refractivity contribution in [1.29, 1.82) is 0 Å². The number of ether oxygens (including phenoxy) is 2. The van der Waals surface area contributed by atoms with Crippen LogP contribution in [0.4, 0.5) is 22.0 Å². The van der Waals surface area contributed by atoms with Gasteiger partial charge >= 0.3 is 0 Å². The standard InChI is InChI=1S/C31H31F5O3/c1-3-5-26(37)24-13-9-20(28(33)30(24)35)17-39-21-10-6-18(7-11-21)19-8-12-22(25(32)16-19)23-14-15-27(38-4-2)31(36)29(23)34/h6,8-9,12-16,21,26,37H,3-5,7,10-11,17H2,1-2H3. The Hall–Kier alpha value is -3.23. The number of hydrogen-bond donors (Lipinski definition) is 1. The molecule has 0 aliphatic heterocycles. The lowest BCUT2D eigenvalue weighted by Gasteiger charge is -2.23. The van der Waals surface area contributed by atoms with Crippen molar-refractivity contribution in [2.45, 2.75) is 64.8 Å². The second-order valence-corrected chi connectivity index (χ2v) is 9.55. The molecule has 2 atom stereocenters. The van der Waals surface area contributed by atoms with Gasteiger partial charge in [-0.3, -0.25) is 0 Å². The van der Waals surface area contributed by atoms with Crippen molar-refractivity contribution in [2.24, 2.45) is 0 Å². The highest BCUT2D eigenvalue weighted by atomic mass is 19.2. The van der Waals surface area contributed by atoms with Crippen molar-refractivity contribution in [3.05, 3.63) is 94.3 Å². The van der Waals surface area contributed by atoms with E-state index in [1.807, 2.05) is 13.0 Å². The van der Waals surface area contributed by atoms with E-state index in [9.17, 15) is 27.1 Å². The molecule has 8 heteroatoms. The van der Waals surface area contributed by atoms with E-state index in [2.05, 4.69) is 0 Å². The third-order valence-corrected chi connectivity index (χ3v) is 6.93. The van der Waals surface area contributed by atoms with Crippen LogP contribution < -0.4 is 4.74 Å². The largest absolute Gasteiger partial charge is 0.491 e. The summed E-state index contributed by atoms with van der Waals surface area (Å²) in [7, 11) is 0. The number of allylic oxidation sites excluding steroid dienone is 1. The molecule has 0 radical (unpaired) electrons. The molecule has 1 aliphatic rings. The van der Waals surface area contributed by atoms with Gasteiger partial charge < -0.3 is 14.6 Å². The van der Waals surface area contributed by atoms with Gasteiger partial charge in [0.15, 0.2) is 23.2 Å². The molecule has 3 aromatic rings. The highest BCUT2D eigenvalue weighted by molar-refractivity contribution is 5.72. The quantitative estimate of drug-likeness (QED) is 0.260. The molecular formula is C31H31F5O3. The molecule has 0 heterocycles. The molecule has 4 rings (SSSR count). The predicted molar refractivity (Wildman–Crippen MR) is 140 cm³/mol. The van der Waals surface area contributed by atoms with Crippen LogP contribution >= 0.6 is 0 Å². The SMILES string of the molecule is CCCC(O)c1ccc(COC2CC=C(c3ccc(-c4ccc(OCC)c(F)c4F)c(F)c3)CC2)c(F)c1F. The van der Waals surface area contributed by atoms with Crippen LogP contribution in [0.5, 0.6) is 5.75 Å². The Morgan fingerprint density at radius 2 is 1.67 bits per heavy atom. The third kappa shape index (κ3) is 6.34. The monoisotopic (exact) mass is 546 g/mol. The number of aliphatic hydroxyl groups excluding tert-OH is 1. The first-order chi connectivity index (χ1) is 18.7. The summed E-state index contributed by atoms with van der Waals surface area (Å²) in [4.78, 5) is 0. The minimum atomic E-state index is -1.17. The second-order valence-electron chi connectivity index (χ2n) is 9.55. The Kier molecular flexibility index (Phi) is 9.40. The van der Waals surface area contributed by atoms with Gasteiger partial charge in [-0.25, -0.2) is 17.6 Å². The van der Waals surface area contributed by atoms with Crippen molar-refractivity contribution in [3.63, 3.8) is 0 Å². The molecular weight excluding hydrogens is 515 g/mol. The van der Waals surface area contributed by atoms with E-state index in [4.69, 9.17) is 9.47 Å². The van der Waals surface area contributed by atoms with E-state index in [1.165, 1.54) is 36.4 Å². The summed E-state index contributed by atoms with van der Waals surface area (Å²) >= 11 is 0. The first kappa shape index (κ1) is 28.8. The Morgan fingerprint density at radius 1 is 0.897 bits per heavy atom. The van der Waals surface area contributed by atoms with Gasteiger partial charge in [0.05, 0.1) is 25.4 Å². The van der Waals surface area contributed by atoms with Gasteiger partial charge in [0.1, 0.15) is 5.82 Å². The average Bonchev–Trinajstić information content (AvgIpc) is 2.93. The minimum Gasteiger partial charge on any atom is -0.491 e. The normalized spacial score (nSPS) is 16.2. The second kappa shape index (κ2) is 12.7. The molecule has 0 amide bonds. The summed E-state index contributed by atoms with van der Waals surface area (Å²) in [6.45, 7) is 3.56. The highest BCUT2D eigenvalue weighted by Gasteiger charge is 2.22. The first-order valence-electron chi connectivity index (χ1n) is 13.1. The van der Waals surface area contributed by atoms with Crippen LogP contribution in [0.2, 0.25) is 0 Å². The number of hydrogen-bond acceptors (Lipinski definition) is 3. The first-order valence-corrected chi connectivity index (χ1v) is 13.1. The van der Waals surface area contributed by atoms with Gasteiger partial charge in [-0.1, -0.05) is 43.7 Å². The van der Waals surface area contributed by atoms with Gasteiger partial charge in [0.2, 0.25) is 5.82 Å². The Morgan fingerprint density at radius 3 is 2.33 bits per heavy atom. The molecule has 0 aromatic heterocycles. The summed E-state index contributed by atoms with van der Waals surface area (Å²) in [5, 5.41) is 10.0. The fourth-order valence-corrected chi connectivity index (χ4v) is 4.77. The van der Waals surface area contributed by atoms with Gasteiger partial charge in [0, 0.05) is 22.3 Å². The summed E-state index contributed by atoms with van der Waals surface area (Å²) in [5.41, 5.74) is 1.27. The lowest BCUT2D eigenvalue weighted by atomic mass is 9.90. The zero-order valence-electron chi connectivity index (χ0n) is 21.9. The van der Waals surface area contributed by atoms with Crippen LogP contribution in [0.3, 0.4) is 0 Å². The van der Waals surface area contributed by atoms with Crippen LogP contribution in [-0.2, 0) is 11.3 Å². The molecule has 0 saturated carbocycles. The van der Waals surface area contributed by atoms with Crippen molar-refractivity contribution in [1.82, 2.24) is 0 Å². The maximum absolute atomic E-state index is 15.0. The maximum Gasteiger partial charge on any atom is 0.201 e. The molecule has 0 fully saturated rings. The summed E-state index contributed by atoms with van der Waals surface area (Å²) in [6, 6.07) is 9.76.